The van der Waals surface area contributed by atoms with Crippen LogP contribution in [0.3, 0.4) is 0 Å². The predicted molar refractivity (Wildman–Crippen MR) is 31.4 cm³/mol. The van der Waals surface area contributed by atoms with Crippen LogP contribution in [0.15, 0.2) is 4.99 Å². The Hall–Kier alpha value is -0.330. The lowest BCUT2D eigenvalue weighted by Crippen LogP contribution is -1.74. The average Bonchev–Trinajstić information content (AvgIpc) is 1.38. The van der Waals surface area contributed by atoms with Crippen LogP contribution in [-0.2, 0) is 0 Å². The molecule has 0 aromatic rings. The third kappa shape index (κ3) is 9.38. The first-order valence-electron chi connectivity index (χ1n) is 1.67. The highest BCUT2D eigenvalue weighted by molar-refractivity contribution is 5.78. The molecule has 0 radical (unpaired) electrons. The summed E-state index contributed by atoms with van der Waals surface area (Å²) in [6.07, 6.45) is 0. The zero-order valence-electron chi connectivity index (χ0n) is 3.95. The third-order valence-corrected chi connectivity index (χ3v) is 0.447. The minimum Gasteiger partial charge on any atom is -0.298 e. The SMILES string of the molecule is C.CN=C(C)C. The molecule has 1 heteroatoms. The van der Waals surface area contributed by atoms with Crippen LogP contribution < -0.4 is 0 Å². The topological polar surface area (TPSA) is 12.4 Å². The van der Waals surface area contributed by atoms with E-state index in [0.29, 0.717) is 0 Å². The predicted octanol–water partition coefficient (Wildman–Crippen LogP) is 1.73. The molecule has 0 heterocycles. The summed E-state index contributed by atoms with van der Waals surface area (Å²) >= 11 is 0. The van der Waals surface area contributed by atoms with E-state index in [-0.39, 0.29) is 7.43 Å². The first-order valence-corrected chi connectivity index (χ1v) is 1.67. The van der Waals surface area contributed by atoms with Gasteiger partial charge in [0.15, 0.2) is 0 Å². The molecule has 0 aromatic carbocycles. The maximum Gasteiger partial charge on any atom is 0.0276 e. The standard InChI is InChI=1S/C4H9N.CH4/c1-4(2)5-3;/h1-3H3;1H4. The van der Waals surface area contributed by atoms with Crippen LogP contribution in [0.25, 0.3) is 0 Å². The molecule has 1 nitrogen and oxygen atoms in total. The van der Waals surface area contributed by atoms with E-state index in [9.17, 15) is 0 Å². The molecule has 38 valence electrons. The first-order chi connectivity index (χ1) is 2.27. The van der Waals surface area contributed by atoms with Gasteiger partial charge < -0.3 is 0 Å². The van der Waals surface area contributed by atoms with Crippen LogP contribution >= 0.6 is 0 Å². The van der Waals surface area contributed by atoms with Gasteiger partial charge in [-0.2, -0.15) is 0 Å². The van der Waals surface area contributed by atoms with Crippen molar-refractivity contribution in [1.29, 1.82) is 0 Å². The van der Waals surface area contributed by atoms with Crippen LogP contribution in [0.1, 0.15) is 21.3 Å². The fraction of sp³-hybridized carbons (Fsp3) is 0.800. The number of rotatable bonds is 0. The molecule has 0 amide bonds. The molecule has 0 aliphatic heterocycles. The van der Waals surface area contributed by atoms with Gasteiger partial charge in [0.05, 0.1) is 0 Å². The molecule has 0 atom stereocenters. The Labute approximate surface area is 40.1 Å². The zero-order chi connectivity index (χ0) is 4.28. The lowest BCUT2D eigenvalue weighted by Gasteiger charge is -1.74. The van der Waals surface area contributed by atoms with Gasteiger partial charge in [-0.05, 0) is 13.8 Å². The van der Waals surface area contributed by atoms with Crippen molar-refractivity contribution in [2.24, 2.45) is 4.99 Å². The van der Waals surface area contributed by atoms with Gasteiger partial charge in [-0.1, -0.05) is 7.43 Å². The van der Waals surface area contributed by atoms with Crippen molar-refractivity contribution in [1.82, 2.24) is 0 Å². The van der Waals surface area contributed by atoms with Gasteiger partial charge >= 0.3 is 0 Å². The van der Waals surface area contributed by atoms with Crippen molar-refractivity contribution in [3.8, 4) is 0 Å². The second-order valence-corrected chi connectivity index (χ2v) is 1.17. The van der Waals surface area contributed by atoms with Crippen molar-refractivity contribution < 1.29 is 0 Å². The van der Waals surface area contributed by atoms with E-state index in [1.807, 2.05) is 13.8 Å². The van der Waals surface area contributed by atoms with Gasteiger partial charge in [0.25, 0.3) is 0 Å². The van der Waals surface area contributed by atoms with Crippen molar-refractivity contribution in [3.05, 3.63) is 0 Å². The largest absolute Gasteiger partial charge is 0.298 e. The molecule has 6 heavy (non-hydrogen) atoms. The van der Waals surface area contributed by atoms with E-state index in [1.54, 1.807) is 7.05 Å². The van der Waals surface area contributed by atoms with Crippen LogP contribution in [0.2, 0.25) is 0 Å². The Morgan fingerprint density at radius 2 is 1.50 bits per heavy atom. The third-order valence-electron chi connectivity index (χ3n) is 0.447. The second kappa shape index (κ2) is 4.67. The van der Waals surface area contributed by atoms with Crippen molar-refractivity contribution in [2.75, 3.05) is 7.05 Å². The van der Waals surface area contributed by atoms with Crippen LogP contribution in [0.4, 0.5) is 0 Å². The maximum absolute atomic E-state index is 3.81. The molecule has 0 bridgehead atoms. The van der Waals surface area contributed by atoms with Crippen molar-refractivity contribution in [3.63, 3.8) is 0 Å². The molecule has 0 rings (SSSR count). The molecule has 0 N–H and O–H groups in total. The lowest BCUT2D eigenvalue weighted by atomic mass is 10.5. The van der Waals surface area contributed by atoms with Crippen molar-refractivity contribution in [2.45, 2.75) is 21.3 Å². The first kappa shape index (κ1) is 9.18. The quantitative estimate of drug-likeness (QED) is 0.399. The number of aliphatic imine (C=N–C) groups is 1. The Morgan fingerprint density at radius 3 is 1.50 bits per heavy atom. The van der Waals surface area contributed by atoms with Gasteiger partial charge in [0, 0.05) is 12.8 Å². The summed E-state index contributed by atoms with van der Waals surface area (Å²) in [5.41, 5.74) is 1.13. The fourth-order valence-corrected chi connectivity index (χ4v) is 0. The van der Waals surface area contributed by atoms with Gasteiger partial charge in [0.1, 0.15) is 0 Å². The highest BCUT2D eigenvalue weighted by Gasteiger charge is 1.62. The molecule has 0 fully saturated rings. The monoisotopic (exact) mass is 87.1 g/mol. The smallest absolute Gasteiger partial charge is 0.0276 e. The minimum atomic E-state index is 0. The Balaban J connectivity index is 0. The van der Waals surface area contributed by atoms with Crippen LogP contribution in [-0.4, -0.2) is 12.8 Å². The van der Waals surface area contributed by atoms with Crippen molar-refractivity contribution >= 4 is 5.71 Å². The van der Waals surface area contributed by atoms with E-state index >= 15 is 0 Å². The summed E-state index contributed by atoms with van der Waals surface area (Å²) in [5, 5.41) is 0. The molecular formula is C5H13N. The highest BCUT2D eigenvalue weighted by Crippen LogP contribution is 1.63. The molecule has 0 saturated heterocycles. The lowest BCUT2D eigenvalue weighted by molar-refractivity contribution is 1.41. The summed E-state index contributed by atoms with van der Waals surface area (Å²) in [4.78, 5) is 3.81. The van der Waals surface area contributed by atoms with E-state index in [2.05, 4.69) is 4.99 Å². The van der Waals surface area contributed by atoms with Gasteiger partial charge in [-0.15, -0.1) is 0 Å². The summed E-state index contributed by atoms with van der Waals surface area (Å²) in [7, 11) is 1.79. The Kier molecular flexibility index (Phi) is 7.15. The molecular weight excluding hydrogens is 74.1 g/mol. The summed E-state index contributed by atoms with van der Waals surface area (Å²) in [5.74, 6) is 0. The zero-order valence-corrected chi connectivity index (χ0v) is 3.95. The van der Waals surface area contributed by atoms with Gasteiger partial charge in [-0.3, -0.25) is 4.99 Å². The Morgan fingerprint density at radius 1 is 1.33 bits per heavy atom. The van der Waals surface area contributed by atoms with E-state index in [4.69, 9.17) is 0 Å². The van der Waals surface area contributed by atoms with E-state index in [0.717, 1.165) is 5.71 Å². The van der Waals surface area contributed by atoms with Crippen LogP contribution in [0.5, 0.6) is 0 Å². The Bertz CT molecular complexity index is 41.9. The number of hydrogen-bond donors (Lipinski definition) is 0. The minimum absolute atomic E-state index is 0. The summed E-state index contributed by atoms with van der Waals surface area (Å²) in [6.45, 7) is 3.94. The molecule has 0 aromatic heterocycles. The van der Waals surface area contributed by atoms with Gasteiger partial charge in [-0.25, -0.2) is 0 Å². The average molecular weight is 87.2 g/mol. The molecule has 0 saturated carbocycles. The van der Waals surface area contributed by atoms with E-state index < -0.39 is 0 Å². The fourth-order valence-electron chi connectivity index (χ4n) is 0. The molecule has 0 unspecified atom stereocenters. The summed E-state index contributed by atoms with van der Waals surface area (Å²) < 4.78 is 0. The highest BCUT2D eigenvalue weighted by atomic mass is 14.7. The van der Waals surface area contributed by atoms with E-state index in [1.165, 1.54) is 0 Å². The summed E-state index contributed by atoms with van der Waals surface area (Å²) in [6, 6.07) is 0. The molecule has 0 aliphatic carbocycles. The maximum atomic E-state index is 3.81. The number of hydrogen-bond acceptors (Lipinski definition) is 1. The molecule has 0 aliphatic rings. The van der Waals surface area contributed by atoms with Gasteiger partial charge in [0.2, 0.25) is 0 Å². The molecule has 0 spiro atoms. The second-order valence-electron chi connectivity index (χ2n) is 1.17. The van der Waals surface area contributed by atoms with Crippen LogP contribution in [0, 0.1) is 0 Å². The normalized spacial score (nSPS) is 5.83. The number of nitrogens with zero attached hydrogens (tertiary/aromatic N) is 1.